The molecule has 108 valence electrons. The van der Waals surface area contributed by atoms with Gasteiger partial charge in [-0.1, -0.05) is 0 Å². The molecule has 0 N–H and O–H groups in total. The summed E-state index contributed by atoms with van der Waals surface area (Å²) in [6.45, 7) is 0. The van der Waals surface area contributed by atoms with Crippen LogP contribution in [0.15, 0.2) is 12.3 Å². The highest BCUT2D eigenvalue weighted by molar-refractivity contribution is 5.65. The summed E-state index contributed by atoms with van der Waals surface area (Å²) >= 11 is 0. The Hall–Kier alpha value is -2.56. The number of pyridine rings is 1. The summed E-state index contributed by atoms with van der Waals surface area (Å²) < 4.78 is 79.9. The maximum absolute atomic E-state index is 13.6. The molecular weight excluding hydrogens is 298 g/mol. The number of hydrogen-bond donors (Lipinski definition) is 0. The quantitative estimate of drug-likeness (QED) is 0.367. The van der Waals surface area contributed by atoms with Crippen molar-refractivity contribution >= 4 is 0 Å². The van der Waals surface area contributed by atoms with Crippen molar-refractivity contribution in [3.05, 3.63) is 52.9 Å². The van der Waals surface area contributed by atoms with E-state index in [1.165, 1.54) is 0 Å². The summed E-state index contributed by atoms with van der Waals surface area (Å²) in [5.74, 6) is -12.5. The molecule has 0 saturated heterocycles. The minimum Gasteiger partial charge on any atom is -0.227 e. The lowest BCUT2D eigenvalue weighted by atomic mass is 10.0. The lowest BCUT2D eigenvalue weighted by Gasteiger charge is -2.09. The fourth-order valence-electron chi connectivity index (χ4n) is 1.70. The van der Waals surface area contributed by atoms with Gasteiger partial charge in [0.05, 0.1) is 18.1 Å². The Morgan fingerprint density at radius 1 is 0.905 bits per heavy atom. The van der Waals surface area contributed by atoms with Crippen LogP contribution in [0.25, 0.3) is 11.1 Å². The molecule has 0 unspecified atom stereocenters. The van der Waals surface area contributed by atoms with Crippen molar-refractivity contribution in [1.29, 1.82) is 5.26 Å². The number of nitrogens with zero attached hydrogens (tertiary/aromatic N) is 2. The first-order chi connectivity index (χ1) is 9.88. The van der Waals surface area contributed by atoms with Gasteiger partial charge in [-0.3, -0.25) is 0 Å². The van der Waals surface area contributed by atoms with Crippen LogP contribution < -0.4 is 0 Å². The molecule has 0 aliphatic carbocycles. The van der Waals surface area contributed by atoms with Crippen LogP contribution in [-0.2, 0) is 6.42 Å². The fraction of sp³-hybridized carbons (Fsp3) is 0.0769. The lowest BCUT2D eigenvalue weighted by Crippen LogP contribution is -2.06. The molecule has 0 radical (unpaired) electrons. The van der Waals surface area contributed by atoms with E-state index in [0.717, 1.165) is 12.3 Å². The Morgan fingerprint density at radius 3 is 1.95 bits per heavy atom. The molecule has 2 nitrogen and oxygen atoms in total. The first-order valence-electron chi connectivity index (χ1n) is 5.41. The standard InChI is InChI=1S/C13H4F6N2/c14-8-7(9(15)11(17)12(18)10(8)16)6-3-5(1-2-20)4-21-13(6)19/h3-4H,1H2. The van der Waals surface area contributed by atoms with Crippen LogP contribution in [0.5, 0.6) is 0 Å². The third-order valence-corrected chi connectivity index (χ3v) is 2.66. The second kappa shape index (κ2) is 5.44. The van der Waals surface area contributed by atoms with E-state index in [4.69, 9.17) is 5.26 Å². The number of aromatic nitrogens is 1. The Kier molecular flexibility index (Phi) is 3.84. The van der Waals surface area contributed by atoms with Gasteiger partial charge in [-0.15, -0.1) is 0 Å². The summed E-state index contributed by atoms with van der Waals surface area (Å²) in [4.78, 5) is 3.15. The molecule has 1 aromatic carbocycles. The second-order valence-corrected chi connectivity index (χ2v) is 3.96. The van der Waals surface area contributed by atoms with Crippen molar-refractivity contribution < 1.29 is 26.3 Å². The van der Waals surface area contributed by atoms with Gasteiger partial charge in [0, 0.05) is 11.8 Å². The van der Waals surface area contributed by atoms with E-state index in [0.29, 0.717) is 0 Å². The van der Waals surface area contributed by atoms with Crippen LogP contribution in [0.4, 0.5) is 26.3 Å². The van der Waals surface area contributed by atoms with Crippen LogP contribution in [-0.4, -0.2) is 4.98 Å². The lowest BCUT2D eigenvalue weighted by molar-refractivity contribution is 0.380. The largest absolute Gasteiger partial charge is 0.227 e. The Labute approximate surface area is 114 Å². The predicted molar refractivity (Wildman–Crippen MR) is 58.7 cm³/mol. The second-order valence-electron chi connectivity index (χ2n) is 3.96. The van der Waals surface area contributed by atoms with E-state index < -0.39 is 46.2 Å². The van der Waals surface area contributed by atoms with Gasteiger partial charge in [0.25, 0.3) is 0 Å². The molecule has 8 heteroatoms. The maximum Gasteiger partial charge on any atom is 0.220 e. The van der Waals surface area contributed by atoms with Crippen molar-refractivity contribution in [2.24, 2.45) is 0 Å². The number of nitriles is 1. The van der Waals surface area contributed by atoms with Crippen molar-refractivity contribution in [3.8, 4) is 17.2 Å². The van der Waals surface area contributed by atoms with Gasteiger partial charge < -0.3 is 0 Å². The molecule has 0 fully saturated rings. The highest BCUT2D eigenvalue weighted by atomic mass is 19.2. The molecule has 0 bridgehead atoms. The normalized spacial score (nSPS) is 10.5. The minimum atomic E-state index is -2.34. The van der Waals surface area contributed by atoms with Crippen molar-refractivity contribution in [2.45, 2.75) is 6.42 Å². The monoisotopic (exact) mass is 302 g/mol. The molecule has 0 spiro atoms. The summed E-state index contributed by atoms with van der Waals surface area (Å²) in [5.41, 5.74) is -2.26. The summed E-state index contributed by atoms with van der Waals surface area (Å²) in [6, 6.07) is 2.49. The zero-order valence-electron chi connectivity index (χ0n) is 10.0. The van der Waals surface area contributed by atoms with E-state index >= 15 is 0 Å². The average molecular weight is 302 g/mol. The van der Waals surface area contributed by atoms with E-state index in [-0.39, 0.29) is 12.0 Å². The van der Waals surface area contributed by atoms with Crippen molar-refractivity contribution in [2.75, 3.05) is 0 Å². The Bertz CT molecular complexity index is 737. The van der Waals surface area contributed by atoms with Gasteiger partial charge in [-0.05, 0) is 11.6 Å². The molecule has 0 amide bonds. The van der Waals surface area contributed by atoms with Crippen LogP contribution >= 0.6 is 0 Å². The van der Waals surface area contributed by atoms with Gasteiger partial charge in [-0.25, -0.2) is 26.9 Å². The van der Waals surface area contributed by atoms with Crippen LogP contribution in [0.1, 0.15) is 5.56 Å². The van der Waals surface area contributed by atoms with E-state index in [1.54, 1.807) is 6.07 Å². The molecule has 1 aromatic heterocycles. The SMILES string of the molecule is N#CCc1cnc(F)c(-c2c(F)c(F)c(F)c(F)c2F)c1. The summed E-state index contributed by atoms with van der Waals surface area (Å²) in [5, 5.41) is 8.49. The van der Waals surface area contributed by atoms with Crippen LogP contribution in [0, 0.1) is 46.4 Å². The molecule has 21 heavy (non-hydrogen) atoms. The number of halogens is 6. The smallest absolute Gasteiger partial charge is 0.220 e. The topological polar surface area (TPSA) is 36.7 Å². The Morgan fingerprint density at radius 2 is 1.43 bits per heavy atom. The van der Waals surface area contributed by atoms with E-state index in [1.807, 2.05) is 0 Å². The summed E-state index contributed by atoms with van der Waals surface area (Å²) in [6.07, 6.45) is 0.657. The zero-order chi connectivity index (χ0) is 15.7. The van der Waals surface area contributed by atoms with Gasteiger partial charge >= 0.3 is 0 Å². The first kappa shape index (κ1) is 14.8. The van der Waals surface area contributed by atoms with Crippen LogP contribution in [0.3, 0.4) is 0 Å². The van der Waals surface area contributed by atoms with E-state index in [9.17, 15) is 26.3 Å². The first-order valence-corrected chi connectivity index (χ1v) is 5.41. The third kappa shape index (κ3) is 2.42. The number of hydrogen-bond acceptors (Lipinski definition) is 2. The summed E-state index contributed by atoms with van der Waals surface area (Å²) in [7, 11) is 0. The molecule has 1 heterocycles. The van der Waals surface area contributed by atoms with Crippen LogP contribution in [0.2, 0.25) is 0 Å². The highest BCUT2D eigenvalue weighted by Gasteiger charge is 2.28. The molecule has 0 atom stereocenters. The minimum absolute atomic E-state index is 0.0674. The third-order valence-electron chi connectivity index (χ3n) is 2.66. The Balaban J connectivity index is 2.79. The molecular formula is C13H4F6N2. The molecule has 0 aliphatic rings. The number of benzene rings is 1. The molecule has 0 saturated carbocycles. The van der Waals surface area contributed by atoms with E-state index in [2.05, 4.69) is 4.98 Å². The van der Waals surface area contributed by atoms with Gasteiger partial charge in [-0.2, -0.15) is 9.65 Å². The average Bonchev–Trinajstić information content (AvgIpc) is 2.47. The van der Waals surface area contributed by atoms with Gasteiger partial charge in [0.15, 0.2) is 23.3 Å². The number of rotatable bonds is 2. The highest BCUT2D eigenvalue weighted by Crippen LogP contribution is 2.32. The fourth-order valence-corrected chi connectivity index (χ4v) is 1.70. The van der Waals surface area contributed by atoms with Crippen molar-refractivity contribution in [3.63, 3.8) is 0 Å². The van der Waals surface area contributed by atoms with Crippen molar-refractivity contribution in [1.82, 2.24) is 4.98 Å². The maximum atomic E-state index is 13.6. The molecule has 0 aliphatic heterocycles. The van der Waals surface area contributed by atoms with Gasteiger partial charge in [0.1, 0.15) is 0 Å². The predicted octanol–water partition coefficient (Wildman–Crippen LogP) is 3.65. The molecule has 2 rings (SSSR count). The zero-order valence-corrected chi connectivity index (χ0v) is 10.0. The van der Waals surface area contributed by atoms with Gasteiger partial charge in [0.2, 0.25) is 11.8 Å². The molecule has 2 aromatic rings.